The molecule has 1 aliphatic rings. The molecule has 13 heteroatoms. The highest BCUT2D eigenvalue weighted by molar-refractivity contribution is 8.04. The molecule has 3 aromatic rings. The van der Waals surface area contributed by atoms with E-state index in [4.69, 9.17) is 23.2 Å². The second kappa shape index (κ2) is 9.38. The largest absolute Gasteiger partial charge is 0.334 e. The van der Waals surface area contributed by atoms with Gasteiger partial charge in [0.1, 0.15) is 0 Å². The molecule has 0 fully saturated rings. The Morgan fingerprint density at radius 3 is 2.30 bits per heavy atom. The molecular formula is C20H17Cl2NO6S4. The molecule has 0 amide bonds. The molecule has 0 unspecified atom stereocenters. The third-order valence-corrected chi connectivity index (χ3v) is 9.08. The maximum Gasteiger partial charge on any atom is 0.266 e. The van der Waals surface area contributed by atoms with Gasteiger partial charge < -0.3 is 4.90 Å². The number of hydrogen-bond acceptors (Lipinski definition) is 7. The second-order valence-corrected chi connectivity index (χ2v) is 13.4. The minimum absolute atomic E-state index is 0.00207. The molecule has 0 bridgehead atoms. The van der Waals surface area contributed by atoms with Crippen LogP contribution < -0.4 is 4.90 Å². The minimum Gasteiger partial charge on any atom is -0.334 e. The number of halogens is 2. The highest BCUT2D eigenvalue weighted by Gasteiger charge is 2.27. The van der Waals surface area contributed by atoms with Gasteiger partial charge in [-0.3, -0.25) is 9.11 Å². The number of thiophene rings is 1. The zero-order chi connectivity index (χ0) is 24.0. The van der Waals surface area contributed by atoms with Crippen LogP contribution in [0.2, 0.25) is 10.0 Å². The molecule has 0 saturated carbocycles. The third-order valence-electron chi connectivity index (χ3n) is 4.91. The van der Waals surface area contributed by atoms with Crippen LogP contribution in [0.3, 0.4) is 0 Å². The highest BCUT2D eigenvalue weighted by Crippen LogP contribution is 2.48. The summed E-state index contributed by atoms with van der Waals surface area (Å²) in [5.74, 6) is -0.925. The number of fused-ring (bicyclic) bond motifs is 2. The summed E-state index contributed by atoms with van der Waals surface area (Å²) >= 11 is 15.2. The van der Waals surface area contributed by atoms with E-state index in [1.54, 1.807) is 29.2 Å². The Hall–Kier alpha value is -1.31. The molecular weight excluding hydrogens is 549 g/mol. The van der Waals surface area contributed by atoms with Crippen LogP contribution in [-0.4, -0.2) is 44.0 Å². The zero-order valence-electron chi connectivity index (χ0n) is 16.7. The fraction of sp³-hybridized carbons (Fsp3) is 0.200. The van der Waals surface area contributed by atoms with Gasteiger partial charge in [0.2, 0.25) is 0 Å². The monoisotopic (exact) mass is 565 g/mol. The molecule has 0 aliphatic carbocycles. The van der Waals surface area contributed by atoms with Gasteiger partial charge in [-0.1, -0.05) is 35.0 Å². The fourth-order valence-electron chi connectivity index (χ4n) is 3.48. The van der Waals surface area contributed by atoms with E-state index in [1.807, 2.05) is 18.2 Å². The van der Waals surface area contributed by atoms with Crippen molar-refractivity contribution in [3.8, 4) is 0 Å². The summed E-state index contributed by atoms with van der Waals surface area (Å²) in [7, 11) is -8.38. The predicted octanol–water partition coefficient (Wildman–Crippen LogP) is 5.44. The minimum atomic E-state index is -4.20. The van der Waals surface area contributed by atoms with E-state index >= 15 is 0 Å². The number of aryl methyl sites for hydroxylation is 1. The number of anilines is 1. The van der Waals surface area contributed by atoms with Gasteiger partial charge in [0.15, 0.2) is 0 Å². The lowest BCUT2D eigenvalue weighted by Crippen LogP contribution is -2.25. The quantitative estimate of drug-likeness (QED) is 0.364. The molecule has 1 aromatic heterocycles. The topological polar surface area (TPSA) is 112 Å². The van der Waals surface area contributed by atoms with E-state index in [-0.39, 0.29) is 13.0 Å². The van der Waals surface area contributed by atoms with E-state index in [2.05, 4.69) is 0 Å². The maximum absolute atomic E-state index is 11.4. The lowest BCUT2D eigenvalue weighted by molar-refractivity contribution is 0.480. The zero-order valence-corrected chi connectivity index (χ0v) is 21.5. The van der Waals surface area contributed by atoms with E-state index in [9.17, 15) is 25.9 Å². The van der Waals surface area contributed by atoms with Crippen molar-refractivity contribution in [3.63, 3.8) is 0 Å². The Bertz CT molecular complexity index is 1480. The SMILES string of the molecule is O=S(=O)(O)CCc1c(/C=C2\Sc3ccc(Cl)cc3N2CCS(=O)(=O)O)sc2ccc(Cl)cc12. The van der Waals surface area contributed by atoms with Crippen LogP contribution in [0.5, 0.6) is 0 Å². The van der Waals surface area contributed by atoms with Gasteiger partial charge in [0, 0.05) is 31.1 Å². The summed E-state index contributed by atoms with van der Waals surface area (Å²) in [4.78, 5) is 3.38. The average molecular weight is 567 g/mol. The summed E-state index contributed by atoms with van der Waals surface area (Å²) in [5, 5.41) is 2.47. The highest BCUT2D eigenvalue weighted by atomic mass is 35.5. The summed E-state index contributed by atoms with van der Waals surface area (Å²) < 4.78 is 65.1. The van der Waals surface area contributed by atoms with Gasteiger partial charge in [-0.15, -0.1) is 11.3 Å². The van der Waals surface area contributed by atoms with Crippen molar-refractivity contribution in [2.45, 2.75) is 11.3 Å². The number of hydrogen-bond donors (Lipinski definition) is 2. The van der Waals surface area contributed by atoms with Gasteiger partial charge in [0.25, 0.3) is 20.2 Å². The Morgan fingerprint density at radius 2 is 1.61 bits per heavy atom. The first kappa shape index (κ1) is 24.8. The first-order valence-corrected chi connectivity index (χ1v) is 15.1. The molecule has 176 valence electrons. The lowest BCUT2D eigenvalue weighted by Gasteiger charge is -2.20. The fourth-order valence-corrected chi connectivity index (χ4v) is 7.05. The smallest absolute Gasteiger partial charge is 0.266 e. The van der Waals surface area contributed by atoms with Crippen molar-refractivity contribution in [1.82, 2.24) is 0 Å². The van der Waals surface area contributed by atoms with Crippen LogP contribution in [0.4, 0.5) is 5.69 Å². The van der Waals surface area contributed by atoms with Crippen LogP contribution in [0, 0.1) is 0 Å². The Balaban J connectivity index is 1.81. The van der Waals surface area contributed by atoms with Crippen molar-refractivity contribution >= 4 is 88.4 Å². The second-order valence-electron chi connectivity index (χ2n) is 7.26. The average Bonchev–Trinajstić information content (AvgIpc) is 3.20. The normalized spacial score (nSPS) is 15.5. The molecule has 33 heavy (non-hydrogen) atoms. The van der Waals surface area contributed by atoms with Crippen molar-refractivity contribution in [1.29, 1.82) is 0 Å². The molecule has 0 spiro atoms. The Kier molecular flexibility index (Phi) is 7.05. The van der Waals surface area contributed by atoms with Crippen LogP contribution >= 0.6 is 46.3 Å². The molecule has 0 radical (unpaired) electrons. The van der Waals surface area contributed by atoms with E-state index in [1.165, 1.54) is 23.1 Å². The molecule has 4 rings (SSSR count). The standard InChI is InChI=1S/C20H17Cl2NO6S4/c21-12-1-3-17-15(9-12)14(5-7-32(24,25)26)19(30-17)11-20-23(6-8-33(27,28)29)16-10-13(22)2-4-18(16)31-20/h1-4,9-11H,5-8H2,(H,24,25,26)(H,27,28,29)/b20-11-. The molecule has 2 heterocycles. The molecule has 2 N–H and O–H groups in total. The van der Waals surface area contributed by atoms with Crippen molar-refractivity contribution in [2.75, 3.05) is 23.0 Å². The molecule has 2 aromatic carbocycles. The number of rotatable bonds is 7. The first-order chi connectivity index (χ1) is 15.4. The van der Waals surface area contributed by atoms with E-state index in [0.717, 1.165) is 19.9 Å². The molecule has 7 nitrogen and oxygen atoms in total. The van der Waals surface area contributed by atoms with Gasteiger partial charge >= 0.3 is 0 Å². The van der Waals surface area contributed by atoms with Crippen LogP contribution in [0.15, 0.2) is 46.3 Å². The number of benzene rings is 2. The van der Waals surface area contributed by atoms with Crippen molar-refractivity contribution in [3.05, 3.63) is 61.9 Å². The summed E-state index contributed by atoms with van der Waals surface area (Å²) in [6.07, 6.45) is 1.92. The first-order valence-electron chi connectivity index (χ1n) is 9.47. The Labute approximate surface area is 209 Å². The van der Waals surface area contributed by atoms with Gasteiger partial charge in [0.05, 0.1) is 22.2 Å². The Morgan fingerprint density at radius 1 is 0.939 bits per heavy atom. The summed E-state index contributed by atoms with van der Waals surface area (Å²) in [5.41, 5.74) is 1.43. The van der Waals surface area contributed by atoms with Crippen LogP contribution in [0.1, 0.15) is 10.4 Å². The maximum atomic E-state index is 11.4. The number of nitrogens with zero attached hydrogens (tertiary/aromatic N) is 1. The summed E-state index contributed by atoms with van der Waals surface area (Å²) in [6.45, 7) is 0.00207. The molecule has 1 aliphatic heterocycles. The molecule has 0 atom stereocenters. The van der Waals surface area contributed by atoms with E-state index < -0.39 is 31.7 Å². The van der Waals surface area contributed by atoms with Crippen molar-refractivity contribution in [2.24, 2.45) is 0 Å². The van der Waals surface area contributed by atoms with Crippen LogP contribution in [0.25, 0.3) is 16.2 Å². The van der Waals surface area contributed by atoms with E-state index in [0.29, 0.717) is 26.3 Å². The van der Waals surface area contributed by atoms with Crippen molar-refractivity contribution < 1.29 is 25.9 Å². The van der Waals surface area contributed by atoms with Gasteiger partial charge in [-0.25, -0.2) is 0 Å². The van der Waals surface area contributed by atoms with Gasteiger partial charge in [-0.2, -0.15) is 16.8 Å². The third kappa shape index (κ3) is 6.04. The predicted molar refractivity (Wildman–Crippen MR) is 136 cm³/mol. The number of thioether (sulfide) groups is 1. The lowest BCUT2D eigenvalue weighted by atomic mass is 10.1. The van der Waals surface area contributed by atoms with Crippen LogP contribution in [-0.2, 0) is 26.7 Å². The van der Waals surface area contributed by atoms with Gasteiger partial charge in [-0.05, 0) is 59.8 Å². The summed E-state index contributed by atoms with van der Waals surface area (Å²) in [6, 6.07) is 10.6. The molecule has 0 saturated heterocycles.